The summed E-state index contributed by atoms with van der Waals surface area (Å²) in [6.45, 7) is 4.46. The van der Waals surface area contributed by atoms with Gasteiger partial charge in [0, 0.05) is 20.2 Å². The first kappa shape index (κ1) is 23.2. The molecule has 0 bridgehead atoms. The van der Waals surface area contributed by atoms with Gasteiger partial charge >= 0.3 is 0 Å². The minimum atomic E-state index is 0.959. The van der Waals surface area contributed by atoms with Crippen LogP contribution in [0, 0.1) is 0 Å². The number of hydrogen-bond donors (Lipinski definition) is 0. The molecule has 184 valence electrons. The second kappa shape index (κ2) is 9.74. The number of allylic oxidation sites excluding steroid dienone is 7. The van der Waals surface area contributed by atoms with Gasteiger partial charge < -0.3 is 0 Å². The predicted molar refractivity (Wildman–Crippen MR) is 167 cm³/mol. The second-order valence-corrected chi connectivity index (χ2v) is 11.4. The van der Waals surface area contributed by atoms with Gasteiger partial charge in [-0.3, -0.25) is 0 Å². The van der Waals surface area contributed by atoms with Crippen LogP contribution >= 0.6 is 11.3 Å². The van der Waals surface area contributed by atoms with Gasteiger partial charge in [-0.1, -0.05) is 109 Å². The van der Waals surface area contributed by atoms with Crippen LogP contribution in [-0.4, -0.2) is 0 Å². The molecule has 0 aliphatic heterocycles. The van der Waals surface area contributed by atoms with Crippen LogP contribution in [0.1, 0.15) is 36.8 Å². The molecule has 0 atom stereocenters. The highest BCUT2D eigenvalue weighted by atomic mass is 32.1. The normalized spacial score (nSPS) is 16.5. The number of fused-ring (bicyclic) bond motifs is 5. The largest absolute Gasteiger partial charge is 0.135 e. The van der Waals surface area contributed by atoms with Crippen molar-refractivity contribution in [1.82, 2.24) is 0 Å². The lowest BCUT2D eigenvalue weighted by atomic mass is 9.83. The quantitative estimate of drug-likeness (QED) is 0.209. The molecule has 0 saturated carbocycles. The van der Waals surface area contributed by atoms with E-state index >= 15 is 0 Å². The molecule has 0 nitrogen and oxygen atoms in total. The van der Waals surface area contributed by atoms with Crippen molar-refractivity contribution in [2.75, 3.05) is 0 Å². The molecule has 4 aromatic carbocycles. The Labute approximate surface area is 229 Å². The Hall–Kier alpha value is -3.94. The number of hydrogen-bond acceptors (Lipinski definition) is 1. The van der Waals surface area contributed by atoms with Crippen molar-refractivity contribution < 1.29 is 0 Å². The Kier molecular flexibility index (Phi) is 5.95. The van der Waals surface area contributed by atoms with Gasteiger partial charge in [0.05, 0.1) is 0 Å². The first-order chi connectivity index (χ1) is 18.8. The minimum absolute atomic E-state index is 0.959. The molecule has 0 spiro atoms. The van der Waals surface area contributed by atoms with E-state index in [2.05, 4.69) is 116 Å². The Balaban J connectivity index is 1.34. The van der Waals surface area contributed by atoms with Crippen LogP contribution in [-0.2, 0) is 6.42 Å². The summed E-state index contributed by atoms with van der Waals surface area (Å²) in [4.78, 5) is 0. The smallest absolute Gasteiger partial charge is 0.0433 e. The lowest BCUT2D eigenvalue weighted by Crippen LogP contribution is -2.02. The van der Waals surface area contributed by atoms with Crippen molar-refractivity contribution in [1.29, 1.82) is 0 Å². The highest BCUT2D eigenvalue weighted by molar-refractivity contribution is 7.26. The van der Waals surface area contributed by atoms with Gasteiger partial charge in [0.1, 0.15) is 0 Å². The molecule has 38 heavy (non-hydrogen) atoms. The van der Waals surface area contributed by atoms with Crippen LogP contribution in [0.2, 0.25) is 0 Å². The average Bonchev–Trinajstić information content (AvgIpc) is 3.36. The van der Waals surface area contributed by atoms with E-state index in [1.165, 1.54) is 70.3 Å². The van der Waals surface area contributed by atoms with Gasteiger partial charge in [-0.15, -0.1) is 11.3 Å². The lowest BCUT2D eigenvalue weighted by molar-refractivity contribution is 0.909. The number of thiophene rings is 1. The SMILES string of the molecule is C=C1CC/C=C\Cc2cc(-c3cccc(-c4cccc5c4sc4ccccc45)c3)ccc2C2=C1CCC=C2. The second-order valence-electron chi connectivity index (χ2n) is 10.4. The van der Waals surface area contributed by atoms with E-state index in [4.69, 9.17) is 0 Å². The Morgan fingerprint density at radius 3 is 2.42 bits per heavy atom. The van der Waals surface area contributed by atoms with Gasteiger partial charge in [0.25, 0.3) is 0 Å². The zero-order chi connectivity index (χ0) is 25.5. The molecule has 1 heteroatoms. The maximum Gasteiger partial charge on any atom is 0.0433 e. The summed E-state index contributed by atoms with van der Waals surface area (Å²) in [6.07, 6.45) is 14.6. The van der Waals surface area contributed by atoms with Crippen LogP contribution in [0.5, 0.6) is 0 Å². The zero-order valence-electron chi connectivity index (χ0n) is 21.5. The van der Waals surface area contributed by atoms with Crippen LogP contribution in [0.15, 0.2) is 127 Å². The molecule has 0 unspecified atom stereocenters. The highest BCUT2D eigenvalue weighted by Crippen LogP contribution is 2.41. The van der Waals surface area contributed by atoms with Gasteiger partial charge in [0.15, 0.2) is 0 Å². The summed E-state index contributed by atoms with van der Waals surface area (Å²) in [5.41, 5.74) is 12.0. The standard InChI is InChI=1S/C37H30S/c1-25-11-3-2-4-12-28-24-27(21-22-31(28)33-16-6-5-15-30(25)33)26-13-9-14-29(23-26)32-18-10-19-35-34-17-7-8-20-36(34)38-37(32)35/h2,4,6-10,13-14,16-24H,1,3,5,11-12,15H2/b4-2-. The molecule has 0 radical (unpaired) electrons. The molecule has 2 aliphatic carbocycles. The molecule has 0 N–H and O–H groups in total. The van der Waals surface area contributed by atoms with E-state index in [0.717, 1.165) is 32.1 Å². The molecular formula is C37H30S. The third kappa shape index (κ3) is 4.08. The molecule has 0 saturated heterocycles. The monoisotopic (exact) mass is 506 g/mol. The van der Waals surface area contributed by atoms with E-state index in [1.807, 2.05) is 11.3 Å². The summed E-state index contributed by atoms with van der Waals surface area (Å²) >= 11 is 1.90. The van der Waals surface area contributed by atoms with Crippen LogP contribution in [0.3, 0.4) is 0 Å². The molecule has 1 heterocycles. The summed E-state index contributed by atoms with van der Waals surface area (Å²) in [5.74, 6) is 0. The minimum Gasteiger partial charge on any atom is -0.135 e. The summed E-state index contributed by atoms with van der Waals surface area (Å²) in [7, 11) is 0. The van der Waals surface area contributed by atoms with E-state index in [1.54, 1.807) is 0 Å². The summed E-state index contributed by atoms with van der Waals surface area (Å²) in [6, 6.07) is 31.6. The molecular weight excluding hydrogens is 476 g/mol. The van der Waals surface area contributed by atoms with Crippen molar-refractivity contribution in [3.05, 3.63) is 138 Å². The molecule has 0 fully saturated rings. The first-order valence-electron chi connectivity index (χ1n) is 13.6. The van der Waals surface area contributed by atoms with Crippen molar-refractivity contribution in [3.63, 3.8) is 0 Å². The Morgan fingerprint density at radius 1 is 0.632 bits per heavy atom. The topological polar surface area (TPSA) is 0 Å². The number of rotatable bonds is 2. The van der Waals surface area contributed by atoms with Crippen LogP contribution < -0.4 is 0 Å². The van der Waals surface area contributed by atoms with Crippen molar-refractivity contribution >= 4 is 37.1 Å². The van der Waals surface area contributed by atoms with Crippen molar-refractivity contribution in [3.8, 4) is 22.3 Å². The van der Waals surface area contributed by atoms with Crippen molar-refractivity contribution in [2.24, 2.45) is 0 Å². The fourth-order valence-corrected chi connectivity index (χ4v) is 7.30. The maximum atomic E-state index is 4.46. The highest BCUT2D eigenvalue weighted by Gasteiger charge is 2.17. The van der Waals surface area contributed by atoms with Gasteiger partial charge in [-0.2, -0.15) is 0 Å². The molecule has 7 rings (SSSR count). The van der Waals surface area contributed by atoms with Crippen molar-refractivity contribution in [2.45, 2.75) is 32.1 Å². The van der Waals surface area contributed by atoms with Crippen LogP contribution in [0.25, 0.3) is 48.0 Å². The molecule has 1 aromatic heterocycles. The predicted octanol–water partition coefficient (Wildman–Crippen LogP) is 10.9. The Bertz CT molecular complexity index is 1800. The van der Waals surface area contributed by atoms with Gasteiger partial charge in [-0.05, 0) is 88.8 Å². The molecule has 2 aliphatic rings. The molecule has 5 aromatic rings. The Morgan fingerprint density at radius 2 is 1.45 bits per heavy atom. The zero-order valence-corrected chi connectivity index (χ0v) is 22.4. The van der Waals surface area contributed by atoms with E-state index in [9.17, 15) is 0 Å². The third-order valence-corrected chi connectivity index (χ3v) is 9.24. The van der Waals surface area contributed by atoms with E-state index < -0.39 is 0 Å². The fraction of sp³-hybridized carbons (Fsp3) is 0.135. The first-order valence-corrected chi connectivity index (χ1v) is 14.4. The average molecular weight is 507 g/mol. The summed E-state index contributed by atoms with van der Waals surface area (Å²) in [5, 5.41) is 2.69. The summed E-state index contributed by atoms with van der Waals surface area (Å²) < 4.78 is 2.71. The molecule has 0 amide bonds. The van der Waals surface area contributed by atoms with E-state index in [0.29, 0.717) is 0 Å². The van der Waals surface area contributed by atoms with Gasteiger partial charge in [-0.25, -0.2) is 0 Å². The maximum absolute atomic E-state index is 4.46. The lowest BCUT2D eigenvalue weighted by Gasteiger charge is -2.22. The van der Waals surface area contributed by atoms with Gasteiger partial charge in [0.2, 0.25) is 0 Å². The fourth-order valence-electron chi connectivity index (χ4n) is 6.07. The van der Waals surface area contributed by atoms with Crippen LogP contribution in [0.4, 0.5) is 0 Å². The van der Waals surface area contributed by atoms with E-state index in [-0.39, 0.29) is 0 Å². The third-order valence-electron chi connectivity index (χ3n) is 8.02. The number of benzene rings is 4.